The number of carbonyl (C=O) groups excluding carboxylic acids is 1. The molecule has 1 aliphatic heterocycles. The van der Waals surface area contributed by atoms with E-state index in [1.807, 2.05) is 19.1 Å². The molecular formula is C27H23F3N2O. The average molecular weight is 448 g/mol. The highest BCUT2D eigenvalue weighted by molar-refractivity contribution is 5.79. The zero-order valence-corrected chi connectivity index (χ0v) is 18.2. The quantitative estimate of drug-likeness (QED) is 0.459. The second-order valence-electron chi connectivity index (χ2n) is 8.56. The summed E-state index contributed by atoms with van der Waals surface area (Å²) in [5, 5.41) is 9.40. The number of rotatable bonds is 5. The second kappa shape index (κ2) is 9.11. The molecule has 0 saturated carbocycles. The zero-order valence-electron chi connectivity index (χ0n) is 18.2. The van der Waals surface area contributed by atoms with Crippen LogP contribution in [0.4, 0.5) is 13.2 Å². The molecule has 3 aromatic carbocycles. The van der Waals surface area contributed by atoms with Crippen molar-refractivity contribution in [1.82, 2.24) is 4.90 Å². The Morgan fingerprint density at radius 3 is 2.27 bits per heavy atom. The van der Waals surface area contributed by atoms with E-state index in [0.29, 0.717) is 24.1 Å². The monoisotopic (exact) mass is 448 g/mol. The van der Waals surface area contributed by atoms with E-state index in [1.54, 1.807) is 29.2 Å². The third kappa shape index (κ3) is 4.49. The van der Waals surface area contributed by atoms with Crippen molar-refractivity contribution < 1.29 is 18.0 Å². The van der Waals surface area contributed by atoms with Crippen LogP contribution in [0.25, 0.3) is 11.1 Å². The molecule has 33 heavy (non-hydrogen) atoms. The van der Waals surface area contributed by atoms with Gasteiger partial charge in [0.15, 0.2) is 0 Å². The Hall–Kier alpha value is -3.59. The summed E-state index contributed by atoms with van der Waals surface area (Å²) in [5.74, 6) is -1.68. The molecule has 1 aliphatic rings. The van der Waals surface area contributed by atoms with Gasteiger partial charge in [0, 0.05) is 36.4 Å². The molecule has 1 amide bonds. The second-order valence-corrected chi connectivity index (χ2v) is 8.56. The Bertz CT molecular complexity index is 1200. The molecule has 0 aromatic heterocycles. The van der Waals surface area contributed by atoms with Crippen LogP contribution in [0.1, 0.15) is 43.4 Å². The van der Waals surface area contributed by atoms with Gasteiger partial charge in [-0.05, 0) is 54.3 Å². The van der Waals surface area contributed by atoms with E-state index in [1.165, 1.54) is 24.3 Å². The molecule has 3 aromatic rings. The topological polar surface area (TPSA) is 44.1 Å². The van der Waals surface area contributed by atoms with Gasteiger partial charge < -0.3 is 4.90 Å². The van der Waals surface area contributed by atoms with Crippen LogP contribution < -0.4 is 0 Å². The zero-order chi connectivity index (χ0) is 23.6. The minimum absolute atomic E-state index is 0.0676. The number of piperidine rings is 1. The van der Waals surface area contributed by atoms with Crippen molar-refractivity contribution >= 4 is 5.91 Å². The van der Waals surface area contributed by atoms with E-state index < -0.39 is 17.0 Å². The number of hydrogen-bond donors (Lipinski definition) is 0. The van der Waals surface area contributed by atoms with Gasteiger partial charge in [-0.25, -0.2) is 13.2 Å². The summed E-state index contributed by atoms with van der Waals surface area (Å²) in [6.07, 6.45) is 0.959. The molecule has 1 fully saturated rings. The first-order valence-electron chi connectivity index (χ1n) is 10.8. The number of hydrogen-bond acceptors (Lipinski definition) is 2. The molecule has 0 N–H and O–H groups in total. The van der Waals surface area contributed by atoms with Gasteiger partial charge in [0.1, 0.15) is 17.5 Å². The molecule has 2 atom stereocenters. The number of likely N-dealkylation sites (tertiary alicyclic amines) is 1. The van der Waals surface area contributed by atoms with Crippen LogP contribution in [0.2, 0.25) is 0 Å². The maximum atomic E-state index is 14.1. The molecule has 1 heterocycles. The van der Waals surface area contributed by atoms with Crippen LogP contribution in [0.15, 0.2) is 66.7 Å². The predicted octanol–water partition coefficient (Wildman–Crippen LogP) is 6.31. The third-order valence-electron chi connectivity index (χ3n) is 6.62. The minimum Gasteiger partial charge on any atom is -0.336 e. The molecule has 168 valence electrons. The number of halogens is 3. The Labute approximate surface area is 191 Å². The average Bonchev–Trinajstić information content (AvgIpc) is 2.79. The minimum atomic E-state index is -0.628. The van der Waals surface area contributed by atoms with Crippen LogP contribution in [0, 0.1) is 28.8 Å². The van der Waals surface area contributed by atoms with Gasteiger partial charge in [-0.15, -0.1) is 0 Å². The SMILES string of the molecule is C[C@H](c1ccc(-c2ccc(F)cc2F)cc1)N1CC[C@@](CC#N)(c2ccc(F)cc2)CC1=O. The van der Waals surface area contributed by atoms with Gasteiger partial charge in [-0.3, -0.25) is 4.79 Å². The van der Waals surface area contributed by atoms with Crippen LogP contribution in [-0.2, 0) is 10.2 Å². The first-order chi connectivity index (χ1) is 15.8. The lowest BCUT2D eigenvalue weighted by Crippen LogP contribution is -2.47. The molecule has 0 bridgehead atoms. The Morgan fingerprint density at radius 2 is 1.67 bits per heavy atom. The van der Waals surface area contributed by atoms with Crippen molar-refractivity contribution in [2.75, 3.05) is 6.54 Å². The van der Waals surface area contributed by atoms with Crippen LogP contribution >= 0.6 is 0 Å². The van der Waals surface area contributed by atoms with E-state index in [2.05, 4.69) is 6.07 Å². The predicted molar refractivity (Wildman–Crippen MR) is 119 cm³/mol. The smallest absolute Gasteiger partial charge is 0.224 e. The van der Waals surface area contributed by atoms with Gasteiger partial charge in [-0.2, -0.15) is 5.26 Å². The van der Waals surface area contributed by atoms with Crippen molar-refractivity contribution in [3.8, 4) is 17.2 Å². The lowest BCUT2D eigenvalue weighted by Gasteiger charge is -2.43. The fourth-order valence-corrected chi connectivity index (χ4v) is 4.65. The molecule has 0 radical (unpaired) electrons. The first-order valence-corrected chi connectivity index (χ1v) is 10.8. The highest BCUT2D eigenvalue weighted by Gasteiger charge is 2.41. The van der Waals surface area contributed by atoms with Gasteiger partial charge in [0.2, 0.25) is 5.91 Å². The van der Waals surface area contributed by atoms with Crippen molar-refractivity contribution in [2.45, 2.75) is 37.6 Å². The summed E-state index contributed by atoms with van der Waals surface area (Å²) < 4.78 is 40.7. The highest BCUT2D eigenvalue weighted by Crippen LogP contribution is 2.41. The molecule has 1 saturated heterocycles. The molecule has 0 spiro atoms. The van der Waals surface area contributed by atoms with Crippen LogP contribution in [-0.4, -0.2) is 17.4 Å². The number of amides is 1. The van der Waals surface area contributed by atoms with Crippen LogP contribution in [0.5, 0.6) is 0 Å². The molecule has 0 unspecified atom stereocenters. The fraction of sp³-hybridized carbons (Fsp3) is 0.259. The molecular weight excluding hydrogens is 425 g/mol. The first kappa shape index (κ1) is 22.6. The van der Waals surface area contributed by atoms with E-state index >= 15 is 0 Å². The van der Waals surface area contributed by atoms with Crippen LogP contribution in [0.3, 0.4) is 0 Å². The number of nitriles is 1. The van der Waals surface area contributed by atoms with E-state index in [9.17, 15) is 23.2 Å². The fourth-order valence-electron chi connectivity index (χ4n) is 4.65. The number of carbonyl (C=O) groups is 1. The third-order valence-corrected chi connectivity index (χ3v) is 6.62. The van der Waals surface area contributed by atoms with E-state index in [0.717, 1.165) is 17.2 Å². The molecule has 6 heteroatoms. The lowest BCUT2D eigenvalue weighted by molar-refractivity contribution is -0.138. The highest BCUT2D eigenvalue weighted by atomic mass is 19.1. The van der Waals surface area contributed by atoms with Crippen molar-refractivity contribution in [1.29, 1.82) is 5.26 Å². The van der Waals surface area contributed by atoms with E-state index in [-0.39, 0.29) is 30.6 Å². The summed E-state index contributed by atoms with van der Waals surface area (Å²) in [4.78, 5) is 14.9. The summed E-state index contributed by atoms with van der Waals surface area (Å²) in [7, 11) is 0. The summed E-state index contributed by atoms with van der Waals surface area (Å²) in [5.41, 5.74) is 2.00. The summed E-state index contributed by atoms with van der Waals surface area (Å²) in [6, 6.07) is 18.7. The van der Waals surface area contributed by atoms with Gasteiger partial charge in [0.05, 0.1) is 12.1 Å². The van der Waals surface area contributed by atoms with Crippen molar-refractivity contribution in [2.24, 2.45) is 0 Å². The van der Waals surface area contributed by atoms with Gasteiger partial charge in [-0.1, -0.05) is 36.4 Å². The Kier molecular flexibility index (Phi) is 6.24. The molecule has 0 aliphatic carbocycles. The maximum Gasteiger partial charge on any atom is 0.224 e. The Morgan fingerprint density at radius 1 is 1.00 bits per heavy atom. The van der Waals surface area contributed by atoms with Gasteiger partial charge in [0.25, 0.3) is 0 Å². The molecule has 4 rings (SSSR count). The van der Waals surface area contributed by atoms with Crippen molar-refractivity contribution in [3.63, 3.8) is 0 Å². The number of benzene rings is 3. The largest absolute Gasteiger partial charge is 0.336 e. The van der Waals surface area contributed by atoms with E-state index in [4.69, 9.17) is 0 Å². The van der Waals surface area contributed by atoms with Crippen molar-refractivity contribution in [3.05, 3.63) is 95.3 Å². The summed E-state index contributed by atoms with van der Waals surface area (Å²) in [6.45, 7) is 2.40. The normalized spacial score (nSPS) is 19.2. The van der Waals surface area contributed by atoms with Gasteiger partial charge >= 0.3 is 0 Å². The summed E-state index contributed by atoms with van der Waals surface area (Å²) >= 11 is 0. The maximum absolute atomic E-state index is 14.1. The number of nitrogens with zero attached hydrogens (tertiary/aromatic N) is 2. The lowest BCUT2D eigenvalue weighted by atomic mass is 9.70. The Balaban J connectivity index is 1.53. The standard InChI is InChI=1S/C27H23F3N2O/c1-18(19-2-4-20(5-3-19)24-11-10-23(29)16-25(24)30)32-15-13-27(12-14-31,17-26(32)33)21-6-8-22(28)9-7-21/h2-11,16,18H,12-13,15,17H2,1H3/t18-,27-/m1/s1. The molecule has 3 nitrogen and oxygen atoms in total.